The molecule has 1 aromatic rings. The van der Waals surface area contributed by atoms with E-state index in [1.165, 1.54) is 9.80 Å². The van der Waals surface area contributed by atoms with Crippen molar-refractivity contribution in [2.45, 2.75) is 13.3 Å². The number of urea groups is 1. The Morgan fingerprint density at radius 3 is 2.67 bits per heavy atom. The fourth-order valence-electron chi connectivity index (χ4n) is 3.05. The molecule has 2 aliphatic heterocycles. The number of likely N-dealkylation sites (tertiary alicyclic amines) is 1. The van der Waals surface area contributed by atoms with Crippen LogP contribution in [0.3, 0.4) is 0 Å². The second-order valence-corrected chi connectivity index (χ2v) is 6.80. The molecule has 24 heavy (non-hydrogen) atoms. The first-order valence-corrected chi connectivity index (χ1v) is 8.07. The van der Waals surface area contributed by atoms with E-state index in [-0.39, 0.29) is 18.5 Å². The number of nitrogens with one attached hydrogen (secondary N) is 1. The highest BCUT2D eigenvalue weighted by molar-refractivity contribution is 6.34. The third-order valence-electron chi connectivity index (χ3n) is 4.62. The van der Waals surface area contributed by atoms with Gasteiger partial charge in [0, 0.05) is 31.7 Å². The summed E-state index contributed by atoms with van der Waals surface area (Å²) in [5.74, 6) is -1.15. The van der Waals surface area contributed by atoms with Gasteiger partial charge < -0.3 is 15.3 Å². The van der Waals surface area contributed by atoms with Crippen molar-refractivity contribution >= 4 is 35.2 Å². The van der Waals surface area contributed by atoms with Crippen molar-refractivity contribution in [2.24, 2.45) is 5.41 Å². The summed E-state index contributed by atoms with van der Waals surface area (Å²) in [6, 6.07) is 4.52. The number of amides is 3. The van der Waals surface area contributed by atoms with Crippen LogP contribution in [0.15, 0.2) is 18.2 Å². The minimum atomic E-state index is -0.917. The molecule has 0 bridgehead atoms. The quantitative estimate of drug-likeness (QED) is 0.869. The number of carbonyl (C=O) groups excluding carboxylic acids is 2. The fourth-order valence-corrected chi connectivity index (χ4v) is 3.27. The summed E-state index contributed by atoms with van der Waals surface area (Å²) in [4.78, 5) is 38.9. The predicted octanol–water partition coefficient (Wildman–Crippen LogP) is 1.81. The summed E-state index contributed by atoms with van der Waals surface area (Å²) in [7, 11) is 0. The van der Waals surface area contributed by atoms with Gasteiger partial charge in [-0.25, -0.2) is 4.79 Å². The number of benzene rings is 1. The molecule has 8 heteroatoms. The average molecular weight is 352 g/mol. The zero-order chi connectivity index (χ0) is 17.5. The van der Waals surface area contributed by atoms with Gasteiger partial charge in [0.25, 0.3) is 5.91 Å². The Morgan fingerprint density at radius 1 is 1.33 bits per heavy atom. The van der Waals surface area contributed by atoms with E-state index in [1.54, 1.807) is 25.1 Å². The van der Waals surface area contributed by atoms with Gasteiger partial charge in [-0.1, -0.05) is 11.6 Å². The average Bonchev–Trinajstić information content (AvgIpc) is 3.14. The zero-order valence-electron chi connectivity index (χ0n) is 13.2. The highest BCUT2D eigenvalue weighted by Gasteiger charge is 2.42. The molecule has 1 unspecified atom stereocenters. The third-order valence-corrected chi connectivity index (χ3v) is 4.94. The van der Waals surface area contributed by atoms with Gasteiger partial charge in [0.15, 0.2) is 0 Å². The molecule has 128 valence electrons. The first-order valence-electron chi connectivity index (χ1n) is 7.69. The van der Waals surface area contributed by atoms with Crippen molar-refractivity contribution in [3.05, 3.63) is 28.8 Å². The molecule has 0 aromatic heterocycles. The van der Waals surface area contributed by atoms with E-state index in [0.29, 0.717) is 42.3 Å². The van der Waals surface area contributed by atoms with Crippen molar-refractivity contribution in [2.75, 3.05) is 31.1 Å². The van der Waals surface area contributed by atoms with Gasteiger partial charge in [-0.05, 0) is 31.5 Å². The number of hydrogen-bond donors (Lipinski definition) is 2. The van der Waals surface area contributed by atoms with Gasteiger partial charge in [-0.3, -0.25) is 14.5 Å². The number of nitrogens with zero attached hydrogens (tertiary/aromatic N) is 2. The number of carboxylic acids is 1. The summed E-state index contributed by atoms with van der Waals surface area (Å²) in [5.41, 5.74) is -0.0406. The van der Waals surface area contributed by atoms with Crippen molar-refractivity contribution < 1.29 is 19.5 Å². The van der Waals surface area contributed by atoms with Gasteiger partial charge in [0.1, 0.15) is 0 Å². The number of halogens is 1. The van der Waals surface area contributed by atoms with Crippen LogP contribution in [0.4, 0.5) is 10.5 Å². The number of hydrogen-bond acceptors (Lipinski definition) is 3. The minimum Gasteiger partial charge on any atom is -0.481 e. The molecule has 0 radical (unpaired) electrons. The zero-order valence-corrected chi connectivity index (χ0v) is 14.0. The number of rotatable bonds is 3. The van der Waals surface area contributed by atoms with E-state index < -0.39 is 11.4 Å². The summed E-state index contributed by atoms with van der Waals surface area (Å²) in [6.07, 6.45) is 0.420. The Hall–Kier alpha value is -2.28. The molecule has 7 nitrogen and oxygen atoms in total. The third kappa shape index (κ3) is 2.80. The van der Waals surface area contributed by atoms with Crippen LogP contribution in [-0.4, -0.2) is 54.1 Å². The van der Waals surface area contributed by atoms with Crippen LogP contribution in [-0.2, 0) is 4.79 Å². The van der Waals surface area contributed by atoms with Crippen LogP contribution >= 0.6 is 11.6 Å². The Labute approximate surface area is 144 Å². The highest BCUT2D eigenvalue weighted by atomic mass is 35.5. The van der Waals surface area contributed by atoms with Crippen LogP contribution in [0, 0.1) is 5.41 Å². The van der Waals surface area contributed by atoms with Crippen molar-refractivity contribution in [3.63, 3.8) is 0 Å². The largest absolute Gasteiger partial charge is 0.481 e. The molecule has 3 amide bonds. The van der Waals surface area contributed by atoms with Crippen LogP contribution in [0.25, 0.3) is 0 Å². The van der Waals surface area contributed by atoms with Gasteiger partial charge in [0.05, 0.1) is 16.1 Å². The molecule has 0 aliphatic carbocycles. The lowest BCUT2D eigenvalue weighted by Crippen LogP contribution is -2.35. The minimum absolute atomic E-state index is 0.170. The molecule has 2 N–H and O–H groups in total. The van der Waals surface area contributed by atoms with E-state index in [0.717, 1.165) is 0 Å². The second-order valence-electron chi connectivity index (χ2n) is 6.39. The number of anilines is 1. The van der Waals surface area contributed by atoms with Crippen molar-refractivity contribution in [1.82, 2.24) is 10.2 Å². The van der Waals surface area contributed by atoms with Crippen LogP contribution in [0.2, 0.25) is 5.02 Å². The molecule has 2 fully saturated rings. The van der Waals surface area contributed by atoms with E-state index >= 15 is 0 Å². The van der Waals surface area contributed by atoms with Crippen molar-refractivity contribution in [3.8, 4) is 0 Å². The number of aliphatic carboxylic acids is 1. The fraction of sp³-hybridized carbons (Fsp3) is 0.438. The maximum atomic E-state index is 12.7. The summed E-state index contributed by atoms with van der Waals surface area (Å²) in [6.45, 7) is 3.21. The van der Waals surface area contributed by atoms with Gasteiger partial charge in [-0.2, -0.15) is 0 Å². The molecule has 3 rings (SSSR count). The SMILES string of the molecule is CC1(C(=O)O)CCN(C(=O)c2ccc(Cl)c(N3CCNC3=O)c2)C1. The van der Waals surface area contributed by atoms with Gasteiger partial charge in [0.2, 0.25) is 0 Å². The number of carbonyl (C=O) groups is 3. The normalized spacial score (nSPS) is 23.5. The molecule has 1 atom stereocenters. The lowest BCUT2D eigenvalue weighted by molar-refractivity contribution is -0.147. The van der Waals surface area contributed by atoms with Crippen molar-refractivity contribution in [1.29, 1.82) is 0 Å². The van der Waals surface area contributed by atoms with E-state index in [1.807, 2.05) is 0 Å². The van der Waals surface area contributed by atoms with E-state index in [2.05, 4.69) is 5.32 Å². The molecular formula is C16H18ClN3O4. The first-order chi connectivity index (χ1) is 11.3. The van der Waals surface area contributed by atoms with E-state index in [4.69, 9.17) is 11.6 Å². The molecule has 2 saturated heterocycles. The predicted molar refractivity (Wildman–Crippen MR) is 88.5 cm³/mol. The monoisotopic (exact) mass is 351 g/mol. The van der Waals surface area contributed by atoms with Crippen LogP contribution in [0.1, 0.15) is 23.7 Å². The topological polar surface area (TPSA) is 89.9 Å². The Morgan fingerprint density at radius 2 is 2.08 bits per heavy atom. The van der Waals surface area contributed by atoms with Gasteiger partial charge >= 0.3 is 12.0 Å². The summed E-state index contributed by atoms with van der Waals surface area (Å²) in [5, 5.41) is 12.4. The standard InChI is InChI=1S/C16H18ClN3O4/c1-16(14(22)23)4-6-19(9-16)13(21)10-2-3-11(17)12(8-10)20-7-5-18-15(20)24/h2-3,8H,4-7,9H2,1H3,(H,18,24)(H,22,23). The lowest BCUT2D eigenvalue weighted by Gasteiger charge is -2.21. The molecular weight excluding hydrogens is 334 g/mol. The Bertz CT molecular complexity index is 723. The maximum absolute atomic E-state index is 12.7. The first kappa shape index (κ1) is 16.6. The van der Waals surface area contributed by atoms with Crippen LogP contribution < -0.4 is 10.2 Å². The molecule has 2 aliphatic rings. The van der Waals surface area contributed by atoms with Gasteiger partial charge in [-0.15, -0.1) is 0 Å². The Balaban J connectivity index is 1.84. The molecule has 0 spiro atoms. The lowest BCUT2D eigenvalue weighted by atomic mass is 9.90. The maximum Gasteiger partial charge on any atom is 0.322 e. The summed E-state index contributed by atoms with van der Waals surface area (Å²) >= 11 is 6.17. The molecule has 2 heterocycles. The second kappa shape index (κ2) is 5.98. The summed E-state index contributed by atoms with van der Waals surface area (Å²) < 4.78 is 0. The smallest absolute Gasteiger partial charge is 0.322 e. The molecule has 0 saturated carbocycles. The highest BCUT2D eigenvalue weighted by Crippen LogP contribution is 2.33. The molecule has 1 aromatic carbocycles. The Kier molecular flexibility index (Phi) is 4.13. The number of carboxylic acid groups (broad SMARTS) is 1. The van der Waals surface area contributed by atoms with Crippen LogP contribution in [0.5, 0.6) is 0 Å². The van der Waals surface area contributed by atoms with E-state index in [9.17, 15) is 19.5 Å².